The quantitative estimate of drug-likeness (QED) is 0.649. The Balaban J connectivity index is 1.82. The Hall–Kier alpha value is -1.44. The summed E-state index contributed by atoms with van der Waals surface area (Å²) in [5.74, 6) is 1.65. The number of piperidine rings is 1. The summed E-state index contributed by atoms with van der Waals surface area (Å²) in [5, 5.41) is 15.4. The molecule has 1 saturated heterocycles. The van der Waals surface area contributed by atoms with Gasteiger partial charge in [-0.2, -0.15) is 4.52 Å². The van der Waals surface area contributed by atoms with E-state index in [1.807, 2.05) is 13.0 Å². The van der Waals surface area contributed by atoms with Gasteiger partial charge >= 0.3 is 0 Å². The molecule has 0 bridgehead atoms. The van der Waals surface area contributed by atoms with Gasteiger partial charge in [0.2, 0.25) is 10.8 Å². The maximum atomic E-state index is 10.9. The number of thiazole rings is 1. The van der Waals surface area contributed by atoms with Gasteiger partial charge in [-0.3, -0.25) is 4.90 Å². The number of hydrogen-bond donors (Lipinski definition) is 1. The lowest BCUT2D eigenvalue weighted by molar-refractivity contribution is 0.149. The van der Waals surface area contributed by atoms with Crippen LogP contribution in [0.25, 0.3) is 4.96 Å². The Morgan fingerprint density at radius 1 is 1.42 bits per heavy atom. The molecule has 0 saturated carbocycles. The van der Waals surface area contributed by atoms with E-state index in [1.54, 1.807) is 15.9 Å². The van der Waals surface area contributed by atoms with Gasteiger partial charge in [0, 0.05) is 17.4 Å². The molecule has 3 aromatic rings. The summed E-state index contributed by atoms with van der Waals surface area (Å²) < 4.78 is 2.65. The Morgan fingerprint density at radius 2 is 2.27 bits per heavy atom. The Labute approximate surface area is 165 Å². The van der Waals surface area contributed by atoms with Crippen molar-refractivity contribution in [2.45, 2.75) is 39.2 Å². The predicted octanol–water partition coefficient (Wildman–Crippen LogP) is 4.64. The van der Waals surface area contributed by atoms with Gasteiger partial charge in [-0.15, -0.1) is 5.10 Å². The summed E-state index contributed by atoms with van der Waals surface area (Å²) in [6.45, 7) is 6.40. The van der Waals surface area contributed by atoms with Crippen LogP contribution in [0.2, 0.25) is 0 Å². The topological polar surface area (TPSA) is 53.7 Å². The SMILES string of the molecule is CCc1nc2sc([C@H](c3cccc(Br)c3)N3CCC[C@@H](C)C3)c(O)n2n1. The smallest absolute Gasteiger partial charge is 0.230 e. The van der Waals surface area contributed by atoms with Crippen LogP contribution in [-0.2, 0) is 6.42 Å². The lowest BCUT2D eigenvalue weighted by Gasteiger charge is -2.37. The maximum absolute atomic E-state index is 10.9. The average molecular weight is 435 g/mol. The molecule has 2 aromatic heterocycles. The molecular weight excluding hydrogens is 412 g/mol. The van der Waals surface area contributed by atoms with Crippen molar-refractivity contribution < 1.29 is 5.11 Å². The van der Waals surface area contributed by atoms with Gasteiger partial charge < -0.3 is 5.11 Å². The number of fused-ring (bicyclic) bond motifs is 1. The molecule has 1 fully saturated rings. The first kappa shape index (κ1) is 17.9. The van der Waals surface area contributed by atoms with E-state index < -0.39 is 0 Å². The highest BCUT2D eigenvalue weighted by Gasteiger charge is 2.31. The number of benzene rings is 1. The Morgan fingerprint density at radius 3 is 2.96 bits per heavy atom. The largest absolute Gasteiger partial charge is 0.492 e. The molecule has 0 aliphatic carbocycles. The molecule has 1 aromatic carbocycles. The molecule has 0 unspecified atom stereocenters. The number of likely N-dealkylation sites (tertiary alicyclic amines) is 1. The molecule has 1 N–H and O–H groups in total. The van der Waals surface area contributed by atoms with Gasteiger partial charge in [0.05, 0.1) is 10.9 Å². The molecule has 138 valence electrons. The van der Waals surface area contributed by atoms with Gasteiger partial charge in [-0.05, 0) is 43.0 Å². The second-order valence-corrected chi connectivity index (χ2v) is 8.99. The van der Waals surface area contributed by atoms with Gasteiger partial charge in [0.25, 0.3) is 0 Å². The molecule has 26 heavy (non-hydrogen) atoms. The van der Waals surface area contributed by atoms with Crippen molar-refractivity contribution in [3.05, 3.63) is 45.0 Å². The molecule has 2 atom stereocenters. The van der Waals surface area contributed by atoms with E-state index in [9.17, 15) is 5.11 Å². The van der Waals surface area contributed by atoms with Crippen molar-refractivity contribution in [3.8, 4) is 5.88 Å². The van der Waals surface area contributed by atoms with E-state index in [4.69, 9.17) is 0 Å². The van der Waals surface area contributed by atoms with Crippen molar-refractivity contribution in [1.29, 1.82) is 0 Å². The molecule has 4 rings (SSSR count). The minimum Gasteiger partial charge on any atom is -0.492 e. The standard InChI is InChI=1S/C19H23BrN4OS/c1-3-15-21-19-24(22-15)18(25)17(26-19)16(13-7-4-8-14(20)10-13)23-9-5-6-12(2)11-23/h4,7-8,10,12,16,25H,3,5-6,9,11H2,1-2H3/t12-,16+/m1/s1. The number of rotatable bonds is 4. The van der Waals surface area contributed by atoms with Crippen molar-refractivity contribution in [3.63, 3.8) is 0 Å². The van der Waals surface area contributed by atoms with Gasteiger partial charge in [-0.25, -0.2) is 4.98 Å². The van der Waals surface area contributed by atoms with E-state index in [2.05, 4.69) is 56.0 Å². The number of aromatic hydroxyl groups is 1. The molecule has 3 heterocycles. The van der Waals surface area contributed by atoms with E-state index in [0.717, 1.165) is 39.6 Å². The first-order valence-electron chi connectivity index (χ1n) is 9.13. The maximum Gasteiger partial charge on any atom is 0.230 e. The zero-order valence-corrected chi connectivity index (χ0v) is 17.4. The van der Waals surface area contributed by atoms with Gasteiger partial charge in [-0.1, -0.05) is 53.2 Å². The lowest BCUT2D eigenvalue weighted by atomic mass is 9.95. The monoisotopic (exact) mass is 434 g/mol. The van der Waals surface area contributed by atoms with Crippen molar-refractivity contribution in [2.75, 3.05) is 13.1 Å². The number of halogens is 1. The zero-order valence-electron chi connectivity index (χ0n) is 15.0. The minimum absolute atomic E-state index is 0.0221. The second-order valence-electron chi connectivity index (χ2n) is 7.07. The number of hydrogen-bond acceptors (Lipinski definition) is 5. The molecule has 7 heteroatoms. The molecule has 0 radical (unpaired) electrons. The van der Waals surface area contributed by atoms with Crippen LogP contribution in [-0.4, -0.2) is 37.7 Å². The van der Waals surface area contributed by atoms with Crippen LogP contribution in [0.3, 0.4) is 0 Å². The molecular formula is C19H23BrN4OS. The first-order chi connectivity index (χ1) is 12.6. The van der Waals surface area contributed by atoms with E-state index in [0.29, 0.717) is 5.92 Å². The Kier molecular flexibility index (Phi) is 5.03. The predicted molar refractivity (Wildman–Crippen MR) is 108 cm³/mol. The number of aromatic nitrogens is 3. The number of nitrogens with zero attached hydrogens (tertiary/aromatic N) is 4. The summed E-state index contributed by atoms with van der Waals surface area (Å²) in [4.78, 5) is 8.73. The van der Waals surface area contributed by atoms with E-state index >= 15 is 0 Å². The van der Waals surface area contributed by atoms with Crippen LogP contribution in [0.15, 0.2) is 28.7 Å². The summed E-state index contributed by atoms with van der Waals surface area (Å²) >= 11 is 5.14. The normalized spacial score (nSPS) is 19.9. The summed E-state index contributed by atoms with van der Waals surface area (Å²) in [7, 11) is 0. The fourth-order valence-corrected chi connectivity index (χ4v) is 5.34. The van der Waals surface area contributed by atoms with Crippen LogP contribution in [0.1, 0.15) is 49.0 Å². The second kappa shape index (κ2) is 7.29. The van der Waals surface area contributed by atoms with Crippen LogP contribution < -0.4 is 0 Å². The van der Waals surface area contributed by atoms with Crippen molar-refractivity contribution >= 4 is 32.2 Å². The molecule has 0 spiro atoms. The third kappa shape index (κ3) is 3.28. The zero-order chi connectivity index (χ0) is 18.3. The highest BCUT2D eigenvalue weighted by Crippen LogP contribution is 2.41. The molecule has 5 nitrogen and oxygen atoms in total. The average Bonchev–Trinajstić information content (AvgIpc) is 3.15. The fraction of sp³-hybridized carbons (Fsp3) is 0.474. The van der Waals surface area contributed by atoms with Crippen molar-refractivity contribution in [1.82, 2.24) is 19.5 Å². The number of aryl methyl sites for hydroxylation is 1. The van der Waals surface area contributed by atoms with Gasteiger partial charge in [0.1, 0.15) is 0 Å². The highest BCUT2D eigenvalue weighted by atomic mass is 79.9. The highest BCUT2D eigenvalue weighted by molar-refractivity contribution is 9.10. The molecule has 1 aliphatic rings. The van der Waals surface area contributed by atoms with E-state index in [-0.39, 0.29) is 11.9 Å². The summed E-state index contributed by atoms with van der Waals surface area (Å²) in [6.07, 6.45) is 3.22. The minimum atomic E-state index is 0.0221. The van der Waals surface area contributed by atoms with Crippen LogP contribution in [0.4, 0.5) is 0 Å². The van der Waals surface area contributed by atoms with Gasteiger partial charge in [0.15, 0.2) is 5.82 Å². The summed E-state index contributed by atoms with van der Waals surface area (Å²) in [6, 6.07) is 8.41. The van der Waals surface area contributed by atoms with Crippen LogP contribution in [0.5, 0.6) is 5.88 Å². The first-order valence-corrected chi connectivity index (χ1v) is 10.7. The fourth-order valence-electron chi connectivity index (χ4n) is 3.78. The third-order valence-corrected chi connectivity index (χ3v) is 6.59. The third-order valence-electron chi connectivity index (χ3n) is 5.03. The summed E-state index contributed by atoms with van der Waals surface area (Å²) in [5.41, 5.74) is 1.18. The van der Waals surface area contributed by atoms with E-state index in [1.165, 1.54) is 18.4 Å². The van der Waals surface area contributed by atoms with Crippen molar-refractivity contribution in [2.24, 2.45) is 5.92 Å². The molecule has 0 amide bonds. The van der Waals surface area contributed by atoms with Crippen LogP contribution >= 0.6 is 27.3 Å². The molecule has 1 aliphatic heterocycles. The lowest BCUT2D eigenvalue weighted by Crippen LogP contribution is -2.37. The Bertz CT molecular complexity index is 922. The van der Waals surface area contributed by atoms with Crippen LogP contribution in [0, 0.1) is 5.92 Å².